The van der Waals surface area contributed by atoms with Crippen LogP contribution in [-0.2, 0) is 22.7 Å². The van der Waals surface area contributed by atoms with Crippen molar-refractivity contribution in [1.29, 1.82) is 0 Å². The number of carbonyl (C=O) groups is 2. The van der Waals surface area contributed by atoms with E-state index >= 15 is 0 Å². The molecule has 1 amide bonds. The SMILES string of the molecule is CN(Cc1ccc(F)cc1)C(=O)/C(=C/c1ccc(OCc2cccc(B(O)O)c2)cc1)SC=O. The molecule has 0 saturated carbocycles. The van der Waals surface area contributed by atoms with Gasteiger partial charge in [-0.15, -0.1) is 0 Å². The molecule has 3 rings (SSSR count). The molecule has 0 aliphatic heterocycles. The van der Waals surface area contributed by atoms with Crippen molar-refractivity contribution in [2.24, 2.45) is 0 Å². The third kappa shape index (κ3) is 7.31. The second-order valence-electron chi connectivity index (χ2n) is 7.49. The predicted molar refractivity (Wildman–Crippen MR) is 132 cm³/mol. The molecule has 6 nitrogen and oxygen atoms in total. The summed E-state index contributed by atoms with van der Waals surface area (Å²) in [6, 6.07) is 19.7. The highest BCUT2D eigenvalue weighted by molar-refractivity contribution is 8.16. The first-order chi connectivity index (χ1) is 16.4. The Labute approximate surface area is 201 Å². The fraction of sp³-hybridized carbons (Fsp3) is 0.120. The summed E-state index contributed by atoms with van der Waals surface area (Å²) in [6.45, 7) is 0.520. The van der Waals surface area contributed by atoms with Crippen LogP contribution in [0.3, 0.4) is 0 Å². The summed E-state index contributed by atoms with van der Waals surface area (Å²) in [5.74, 6) is -0.0797. The fourth-order valence-electron chi connectivity index (χ4n) is 3.14. The summed E-state index contributed by atoms with van der Waals surface area (Å²) in [5, 5.41) is 18.6. The van der Waals surface area contributed by atoms with Crippen molar-refractivity contribution < 1.29 is 28.8 Å². The highest BCUT2D eigenvalue weighted by Gasteiger charge is 2.16. The number of carbonyl (C=O) groups excluding carboxylic acids is 2. The van der Waals surface area contributed by atoms with E-state index in [4.69, 9.17) is 4.74 Å². The van der Waals surface area contributed by atoms with Crippen LogP contribution >= 0.6 is 11.8 Å². The summed E-state index contributed by atoms with van der Waals surface area (Å²) in [4.78, 5) is 25.7. The molecule has 0 fully saturated rings. The molecule has 0 aromatic heterocycles. The van der Waals surface area contributed by atoms with E-state index in [-0.39, 0.29) is 29.8 Å². The number of benzene rings is 3. The first kappa shape index (κ1) is 25.2. The molecule has 34 heavy (non-hydrogen) atoms. The Hall–Kier alpha value is -3.40. The largest absolute Gasteiger partial charge is 0.489 e. The van der Waals surface area contributed by atoms with Crippen molar-refractivity contribution in [3.05, 3.63) is 100 Å². The number of hydrogen-bond donors (Lipinski definition) is 2. The molecule has 9 heteroatoms. The number of thioether (sulfide) groups is 1. The molecule has 0 bridgehead atoms. The molecular weight excluding hydrogens is 456 g/mol. The van der Waals surface area contributed by atoms with Crippen molar-refractivity contribution >= 4 is 41.9 Å². The summed E-state index contributed by atoms with van der Waals surface area (Å²) in [6.07, 6.45) is 1.62. The van der Waals surface area contributed by atoms with Gasteiger partial charge in [0.25, 0.3) is 5.91 Å². The lowest BCUT2D eigenvalue weighted by Crippen LogP contribution is -2.29. The van der Waals surface area contributed by atoms with Crippen LogP contribution < -0.4 is 10.2 Å². The third-order valence-corrected chi connectivity index (χ3v) is 5.54. The fourth-order valence-corrected chi connectivity index (χ4v) is 3.71. The Kier molecular flexibility index (Phi) is 9.04. The minimum atomic E-state index is -1.54. The molecular formula is C25H23BFNO5S. The van der Waals surface area contributed by atoms with Gasteiger partial charge < -0.3 is 19.7 Å². The van der Waals surface area contributed by atoms with Crippen molar-refractivity contribution in [2.75, 3.05) is 7.05 Å². The van der Waals surface area contributed by atoms with E-state index in [0.29, 0.717) is 22.4 Å². The van der Waals surface area contributed by atoms with Crippen LogP contribution in [0.15, 0.2) is 77.7 Å². The molecule has 0 aliphatic carbocycles. The van der Waals surface area contributed by atoms with Crippen LogP contribution in [0.25, 0.3) is 6.08 Å². The van der Waals surface area contributed by atoms with Crippen molar-refractivity contribution in [1.82, 2.24) is 4.90 Å². The van der Waals surface area contributed by atoms with Gasteiger partial charge in [-0.25, -0.2) is 4.39 Å². The molecule has 0 atom stereocenters. The second-order valence-corrected chi connectivity index (χ2v) is 8.35. The maximum atomic E-state index is 13.1. The summed E-state index contributed by atoms with van der Waals surface area (Å²) >= 11 is 0.793. The van der Waals surface area contributed by atoms with E-state index < -0.39 is 7.12 Å². The maximum Gasteiger partial charge on any atom is 0.488 e. The van der Waals surface area contributed by atoms with Gasteiger partial charge in [-0.05, 0) is 64.3 Å². The molecule has 3 aromatic carbocycles. The lowest BCUT2D eigenvalue weighted by molar-refractivity contribution is -0.125. The second kappa shape index (κ2) is 12.2. The molecule has 0 unspecified atom stereocenters. The number of hydrogen-bond acceptors (Lipinski definition) is 6. The average Bonchev–Trinajstić information content (AvgIpc) is 2.84. The molecule has 2 N–H and O–H groups in total. The smallest absolute Gasteiger partial charge is 0.488 e. The Morgan fingerprint density at radius 2 is 1.76 bits per heavy atom. The van der Waals surface area contributed by atoms with Crippen molar-refractivity contribution in [3.63, 3.8) is 0 Å². The number of ether oxygens (including phenoxy) is 1. The Bertz CT molecular complexity index is 1150. The minimum Gasteiger partial charge on any atom is -0.489 e. The van der Waals surface area contributed by atoms with Crippen molar-refractivity contribution in [2.45, 2.75) is 13.2 Å². The molecule has 174 valence electrons. The van der Waals surface area contributed by atoms with E-state index in [1.165, 1.54) is 17.0 Å². The Balaban J connectivity index is 1.65. The molecule has 0 heterocycles. The van der Waals surface area contributed by atoms with Crippen LogP contribution in [0.1, 0.15) is 16.7 Å². The zero-order chi connectivity index (χ0) is 24.5. The van der Waals surface area contributed by atoms with Gasteiger partial charge in [-0.3, -0.25) is 9.59 Å². The third-order valence-electron chi connectivity index (χ3n) is 4.90. The van der Waals surface area contributed by atoms with Gasteiger partial charge >= 0.3 is 7.12 Å². The van der Waals surface area contributed by atoms with E-state index in [1.807, 2.05) is 6.07 Å². The number of halogens is 1. The highest BCUT2D eigenvalue weighted by atomic mass is 32.2. The molecule has 0 radical (unpaired) electrons. The van der Waals surface area contributed by atoms with Crippen LogP contribution in [0.2, 0.25) is 0 Å². The van der Waals surface area contributed by atoms with E-state index in [2.05, 4.69) is 0 Å². The average molecular weight is 479 g/mol. The summed E-state index contributed by atoms with van der Waals surface area (Å²) < 4.78 is 18.9. The highest BCUT2D eigenvalue weighted by Crippen LogP contribution is 2.22. The number of amides is 1. The number of nitrogens with zero attached hydrogens (tertiary/aromatic N) is 1. The predicted octanol–water partition coefficient (Wildman–Crippen LogP) is 3.01. The van der Waals surface area contributed by atoms with Gasteiger partial charge in [0, 0.05) is 13.6 Å². The standard InChI is InChI=1S/C25H23BFNO5S/c1-28(15-19-5-9-22(27)10-6-19)25(30)24(34-17-29)14-18-7-11-23(12-8-18)33-16-20-3-2-4-21(13-20)26(31)32/h2-14,17,31-32H,15-16H2,1H3/b24-14-. The van der Waals surface area contributed by atoms with Gasteiger partial charge in [0.15, 0.2) is 5.62 Å². The zero-order valence-electron chi connectivity index (χ0n) is 18.4. The van der Waals surface area contributed by atoms with Crippen LogP contribution in [0, 0.1) is 5.82 Å². The topological polar surface area (TPSA) is 87.1 Å². The Morgan fingerprint density at radius 3 is 2.41 bits per heavy atom. The van der Waals surface area contributed by atoms with Crippen LogP contribution in [0.4, 0.5) is 4.39 Å². The van der Waals surface area contributed by atoms with Gasteiger partial charge in [-0.2, -0.15) is 0 Å². The van der Waals surface area contributed by atoms with Crippen LogP contribution in [0.5, 0.6) is 5.75 Å². The molecule has 0 saturated heterocycles. The normalized spacial score (nSPS) is 11.1. The Morgan fingerprint density at radius 1 is 1.06 bits per heavy atom. The molecule has 0 spiro atoms. The molecule has 0 aliphatic rings. The first-order valence-corrected chi connectivity index (χ1v) is 11.2. The van der Waals surface area contributed by atoms with Gasteiger partial charge in [0.2, 0.25) is 0 Å². The van der Waals surface area contributed by atoms with E-state index in [1.54, 1.807) is 67.7 Å². The van der Waals surface area contributed by atoms with Gasteiger partial charge in [0.05, 0.1) is 4.91 Å². The van der Waals surface area contributed by atoms with Gasteiger partial charge in [-0.1, -0.05) is 48.5 Å². The first-order valence-electron chi connectivity index (χ1n) is 10.4. The van der Waals surface area contributed by atoms with Gasteiger partial charge in [0.1, 0.15) is 18.2 Å². The summed E-state index contributed by atoms with van der Waals surface area (Å²) in [7, 11) is 0.0778. The monoisotopic (exact) mass is 479 g/mol. The number of rotatable bonds is 10. The van der Waals surface area contributed by atoms with Crippen molar-refractivity contribution in [3.8, 4) is 5.75 Å². The lowest BCUT2D eigenvalue weighted by atomic mass is 9.80. The van der Waals surface area contributed by atoms with Crippen LogP contribution in [-0.4, -0.2) is 40.6 Å². The minimum absolute atomic E-state index is 0.245. The number of likely N-dealkylation sites (N-methyl/N-ethyl adjacent to an activating group) is 1. The maximum absolute atomic E-state index is 13.1. The quantitative estimate of drug-likeness (QED) is 0.264. The van der Waals surface area contributed by atoms with E-state index in [0.717, 1.165) is 22.9 Å². The molecule has 3 aromatic rings. The lowest BCUT2D eigenvalue weighted by Gasteiger charge is -2.18. The van der Waals surface area contributed by atoms with E-state index in [9.17, 15) is 24.0 Å². The summed E-state index contributed by atoms with van der Waals surface area (Å²) in [5.41, 5.74) is 3.26. The zero-order valence-corrected chi connectivity index (χ0v) is 19.2.